The SMILES string of the molecule is CCCNC(Cn1nc(C)nc1C)C(=O)O. The van der Waals surface area contributed by atoms with E-state index in [-0.39, 0.29) is 0 Å². The zero-order valence-electron chi connectivity index (χ0n) is 9.90. The number of aromatic nitrogens is 3. The molecular weight excluding hydrogens is 208 g/mol. The predicted octanol–water partition coefficient (Wildman–Crippen LogP) is 0.348. The predicted molar refractivity (Wildman–Crippen MR) is 59.2 cm³/mol. The molecular formula is C10H18N4O2. The number of nitrogens with one attached hydrogen (secondary N) is 1. The van der Waals surface area contributed by atoms with E-state index >= 15 is 0 Å². The fraction of sp³-hybridized carbons (Fsp3) is 0.700. The minimum atomic E-state index is -0.860. The van der Waals surface area contributed by atoms with Crippen LogP contribution in [0.25, 0.3) is 0 Å². The van der Waals surface area contributed by atoms with Crippen molar-refractivity contribution in [2.45, 2.75) is 39.8 Å². The van der Waals surface area contributed by atoms with E-state index in [0.29, 0.717) is 18.9 Å². The fourth-order valence-corrected chi connectivity index (χ4v) is 1.46. The van der Waals surface area contributed by atoms with Gasteiger partial charge in [0.05, 0.1) is 6.54 Å². The van der Waals surface area contributed by atoms with Gasteiger partial charge in [-0.1, -0.05) is 6.92 Å². The van der Waals surface area contributed by atoms with Gasteiger partial charge in [0, 0.05) is 0 Å². The van der Waals surface area contributed by atoms with Crippen molar-refractivity contribution >= 4 is 5.97 Å². The first-order valence-corrected chi connectivity index (χ1v) is 5.38. The molecule has 0 aliphatic carbocycles. The number of rotatable bonds is 6. The maximum absolute atomic E-state index is 11.0. The minimum absolute atomic E-state index is 0.308. The summed E-state index contributed by atoms with van der Waals surface area (Å²) in [5.41, 5.74) is 0. The van der Waals surface area contributed by atoms with Crippen molar-refractivity contribution in [1.29, 1.82) is 0 Å². The van der Waals surface area contributed by atoms with Gasteiger partial charge in [-0.05, 0) is 26.8 Å². The molecule has 0 saturated heterocycles. The number of carbonyl (C=O) groups is 1. The summed E-state index contributed by atoms with van der Waals surface area (Å²) in [5, 5.41) is 16.1. The molecule has 1 heterocycles. The number of carboxylic acid groups (broad SMARTS) is 1. The van der Waals surface area contributed by atoms with E-state index in [1.54, 1.807) is 11.6 Å². The second-order valence-corrected chi connectivity index (χ2v) is 3.73. The Kier molecular flexibility index (Phi) is 4.42. The van der Waals surface area contributed by atoms with Gasteiger partial charge in [0.2, 0.25) is 0 Å². The molecule has 1 unspecified atom stereocenters. The minimum Gasteiger partial charge on any atom is -0.480 e. The third-order valence-electron chi connectivity index (χ3n) is 2.26. The van der Waals surface area contributed by atoms with Crippen LogP contribution < -0.4 is 5.32 Å². The molecule has 0 radical (unpaired) electrons. The summed E-state index contributed by atoms with van der Waals surface area (Å²) >= 11 is 0. The molecule has 0 aliphatic heterocycles. The van der Waals surface area contributed by atoms with Crippen molar-refractivity contribution in [2.24, 2.45) is 0 Å². The van der Waals surface area contributed by atoms with Crippen LogP contribution in [0, 0.1) is 13.8 Å². The maximum Gasteiger partial charge on any atom is 0.322 e. The lowest BCUT2D eigenvalue weighted by Gasteiger charge is -2.14. The molecule has 90 valence electrons. The summed E-state index contributed by atoms with van der Waals surface area (Å²) in [5.74, 6) is 0.542. The number of carboxylic acids is 1. The highest BCUT2D eigenvalue weighted by Crippen LogP contribution is 1.99. The molecule has 0 aromatic carbocycles. The Hall–Kier alpha value is -1.43. The van der Waals surface area contributed by atoms with Crippen LogP contribution in [0.5, 0.6) is 0 Å². The number of hydrogen-bond donors (Lipinski definition) is 2. The highest BCUT2D eigenvalue weighted by Gasteiger charge is 2.18. The van der Waals surface area contributed by atoms with E-state index in [9.17, 15) is 4.79 Å². The Morgan fingerprint density at radius 3 is 2.69 bits per heavy atom. The van der Waals surface area contributed by atoms with Crippen molar-refractivity contribution in [2.75, 3.05) is 6.54 Å². The molecule has 1 atom stereocenters. The van der Waals surface area contributed by atoms with Crippen LogP contribution in [0.3, 0.4) is 0 Å². The molecule has 16 heavy (non-hydrogen) atoms. The zero-order valence-corrected chi connectivity index (χ0v) is 9.90. The molecule has 6 heteroatoms. The lowest BCUT2D eigenvalue weighted by atomic mass is 10.3. The maximum atomic E-state index is 11.0. The molecule has 0 spiro atoms. The average Bonchev–Trinajstić information content (AvgIpc) is 2.51. The first-order valence-electron chi connectivity index (χ1n) is 5.38. The monoisotopic (exact) mass is 226 g/mol. The summed E-state index contributed by atoms with van der Waals surface area (Å²) in [6, 6.07) is -0.611. The summed E-state index contributed by atoms with van der Waals surface area (Å²) in [6.45, 7) is 6.60. The van der Waals surface area contributed by atoms with Crippen molar-refractivity contribution in [3.8, 4) is 0 Å². The van der Waals surface area contributed by atoms with Crippen molar-refractivity contribution in [3.05, 3.63) is 11.6 Å². The topological polar surface area (TPSA) is 80.0 Å². The van der Waals surface area contributed by atoms with Crippen LogP contribution in [-0.2, 0) is 11.3 Å². The first-order chi connectivity index (χ1) is 7.54. The number of hydrogen-bond acceptors (Lipinski definition) is 4. The summed E-state index contributed by atoms with van der Waals surface area (Å²) in [4.78, 5) is 15.1. The van der Waals surface area contributed by atoms with Crippen LogP contribution in [0.4, 0.5) is 0 Å². The molecule has 0 saturated carbocycles. The molecule has 0 amide bonds. The van der Waals surface area contributed by atoms with E-state index in [2.05, 4.69) is 15.4 Å². The van der Waals surface area contributed by atoms with Gasteiger partial charge >= 0.3 is 5.97 Å². The Morgan fingerprint density at radius 1 is 1.56 bits per heavy atom. The normalized spacial score (nSPS) is 12.7. The van der Waals surface area contributed by atoms with Gasteiger partial charge in [0.1, 0.15) is 17.7 Å². The zero-order chi connectivity index (χ0) is 12.1. The fourth-order valence-electron chi connectivity index (χ4n) is 1.46. The van der Waals surface area contributed by atoms with Gasteiger partial charge in [0.15, 0.2) is 0 Å². The van der Waals surface area contributed by atoms with Gasteiger partial charge in [-0.15, -0.1) is 0 Å². The van der Waals surface area contributed by atoms with Crippen molar-refractivity contribution in [1.82, 2.24) is 20.1 Å². The van der Waals surface area contributed by atoms with Gasteiger partial charge in [0.25, 0.3) is 0 Å². The van der Waals surface area contributed by atoms with Gasteiger partial charge in [-0.25, -0.2) is 9.67 Å². The van der Waals surface area contributed by atoms with Crippen molar-refractivity contribution < 1.29 is 9.90 Å². The largest absolute Gasteiger partial charge is 0.480 e. The summed E-state index contributed by atoms with van der Waals surface area (Å²) in [7, 11) is 0. The average molecular weight is 226 g/mol. The summed E-state index contributed by atoms with van der Waals surface area (Å²) < 4.78 is 1.62. The lowest BCUT2D eigenvalue weighted by Crippen LogP contribution is -2.41. The quantitative estimate of drug-likeness (QED) is 0.731. The molecule has 0 fully saturated rings. The highest BCUT2D eigenvalue weighted by atomic mass is 16.4. The van der Waals surface area contributed by atoms with E-state index in [1.165, 1.54) is 0 Å². The molecule has 2 N–H and O–H groups in total. The van der Waals surface area contributed by atoms with Crippen LogP contribution in [0.15, 0.2) is 0 Å². The van der Waals surface area contributed by atoms with Gasteiger partial charge < -0.3 is 10.4 Å². The molecule has 0 bridgehead atoms. The Balaban J connectivity index is 2.67. The second-order valence-electron chi connectivity index (χ2n) is 3.73. The third kappa shape index (κ3) is 3.30. The standard InChI is InChI=1S/C10H18N4O2/c1-4-5-11-9(10(15)16)6-14-8(3)12-7(2)13-14/h9,11H,4-6H2,1-3H3,(H,15,16). The first kappa shape index (κ1) is 12.6. The lowest BCUT2D eigenvalue weighted by molar-refractivity contribution is -0.139. The van der Waals surface area contributed by atoms with Crippen LogP contribution in [-0.4, -0.2) is 38.4 Å². The van der Waals surface area contributed by atoms with Gasteiger partial charge in [-0.2, -0.15) is 5.10 Å². The number of aryl methyl sites for hydroxylation is 2. The molecule has 6 nitrogen and oxygen atoms in total. The third-order valence-corrected chi connectivity index (χ3v) is 2.26. The molecule has 1 aromatic rings. The molecule has 1 rings (SSSR count). The van der Waals surface area contributed by atoms with E-state index in [1.807, 2.05) is 13.8 Å². The van der Waals surface area contributed by atoms with Crippen LogP contribution in [0.1, 0.15) is 25.0 Å². The highest BCUT2D eigenvalue weighted by molar-refractivity contribution is 5.73. The van der Waals surface area contributed by atoms with Gasteiger partial charge in [-0.3, -0.25) is 4.79 Å². The molecule has 1 aromatic heterocycles. The van der Waals surface area contributed by atoms with Crippen LogP contribution >= 0.6 is 0 Å². The van der Waals surface area contributed by atoms with Crippen LogP contribution in [0.2, 0.25) is 0 Å². The van der Waals surface area contributed by atoms with E-state index in [4.69, 9.17) is 5.11 Å². The second kappa shape index (κ2) is 5.60. The van der Waals surface area contributed by atoms with E-state index in [0.717, 1.165) is 12.2 Å². The summed E-state index contributed by atoms with van der Waals surface area (Å²) in [6.07, 6.45) is 0.902. The number of nitrogens with zero attached hydrogens (tertiary/aromatic N) is 3. The van der Waals surface area contributed by atoms with E-state index < -0.39 is 12.0 Å². The molecule has 0 aliphatic rings. The Morgan fingerprint density at radius 2 is 2.25 bits per heavy atom. The Labute approximate surface area is 94.7 Å². The Bertz CT molecular complexity index is 362. The smallest absolute Gasteiger partial charge is 0.322 e. The number of aliphatic carboxylic acids is 1. The van der Waals surface area contributed by atoms with Crippen molar-refractivity contribution in [3.63, 3.8) is 0 Å².